The van der Waals surface area contributed by atoms with E-state index in [-0.39, 0.29) is 11.9 Å². The third-order valence-corrected chi connectivity index (χ3v) is 4.94. The Hall–Kier alpha value is -0.580. The highest BCUT2D eigenvalue weighted by Crippen LogP contribution is 2.41. The van der Waals surface area contributed by atoms with Crippen molar-refractivity contribution in [2.24, 2.45) is 0 Å². The Morgan fingerprint density at radius 1 is 1.39 bits per heavy atom. The molecule has 0 bridgehead atoms. The van der Waals surface area contributed by atoms with Crippen molar-refractivity contribution < 1.29 is 4.39 Å². The Morgan fingerprint density at radius 2 is 2.22 bits per heavy atom. The molecule has 1 unspecified atom stereocenters. The normalized spacial score (nSPS) is 17.8. The second kappa shape index (κ2) is 4.83. The summed E-state index contributed by atoms with van der Waals surface area (Å²) >= 11 is 11.0. The molecule has 3 rings (SSSR count). The first-order chi connectivity index (χ1) is 8.63. The van der Waals surface area contributed by atoms with Crippen LogP contribution in [0.1, 0.15) is 22.9 Å². The molecule has 1 aromatic heterocycles. The molecule has 1 aliphatic carbocycles. The third-order valence-electron chi connectivity index (χ3n) is 3.11. The van der Waals surface area contributed by atoms with Gasteiger partial charge in [0.2, 0.25) is 0 Å². The zero-order valence-electron chi connectivity index (χ0n) is 9.34. The fourth-order valence-electron chi connectivity index (χ4n) is 2.28. The fourth-order valence-corrected chi connectivity index (χ4v) is 3.99. The van der Waals surface area contributed by atoms with Gasteiger partial charge in [-0.15, -0.1) is 11.3 Å². The van der Waals surface area contributed by atoms with Gasteiger partial charge in [0, 0.05) is 9.35 Å². The molecule has 18 heavy (non-hydrogen) atoms. The van der Waals surface area contributed by atoms with E-state index in [1.165, 1.54) is 16.5 Å². The van der Waals surface area contributed by atoms with Gasteiger partial charge in [-0.1, -0.05) is 27.5 Å². The smallest absolute Gasteiger partial charge is 0.146 e. The van der Waals surface area contributed by atoms with Crippen LogP contribution in [0.3, 0.4) is 0 Å². The van der Waals surface area contributed by atoms with Crippen LogP contribution in [0.15, 0.2) is 28.7 Å². The average molecular weight is 347 g/mol. The number of benzene rings is 1. The molecule has 5 heteroatoms. The summed E-state index contributed by atoms with van der Waals surface area (Å²) < 4.78 is 15.4. The number of thiophene rings is 1. The first-order valence-electron chi connectivity index (χ1n) is 5.63. The number of fused-ring (bicyclic) bond motifs is 1. The van der Waals surface area contributed by atoms with Crippen LogP contribution < -0.4 is 5.32 Å². The highest BCUT2D eigenvalue weighted by atomic mass is 79.9. The first kappa shape index (κ1) is 12.5. The third kappa shape index (κ3) is 2.29. The Bertz CT molecular complexity index is 599. The summed E-state index contributed by atoms with van der Waals surface area (Å²) in [5, 5.41) is 3.26. The topological polar surface area (TPSA) is 12.0 Å². The summed E-state index contributed by atoms with van der Waals surface area (Å²) in [7, 11) is 0. The van der Waals surface area contributed by atoms with Gasteiger partial charge in [0.15, 0.2) is 0 Å². The Balaban J connectivity index is 1.88. The van der Waals surface area contributed by atoms with Crippen molar-refractivity contribution in [2.45, 2.75) is 18.9 Å². The first-order valence-corrected chi connectivity index (χ1v) is 7.62. The van der Waals surface area contributed by atoms with Crippen LogP contribution in [0.4, 0.5) is 10.1 Å². The number of hydrogen-bond donors (Lipinski definition) is 1. The second-order valence-corrected chi connectivity index (χ2v) is 6.97. The molecule has 0 amide bonds. The van der Waals surface area contributed by atoms with Gasteiger partial charge in [0.05, 0.1) is 16.1 Å². The van der Waals surface area contributed by atoms with Crippen molar-refractivity contribution in [3.8, 4) is 0 Å². The molecule has 1 N–H and O–H groups in total. The molecule has 0 radical (unpaired) electrons. The molecule has 1 atom stereocenters. The summed E-state index contributed by atoms with van der Waals surface area (Å²) in [5.74, 6) is -0.229. The van der Waals surface area contributed by atoms with Crippen LogP contribution in [-0.4, -0.2) is 0 Å². The molecular weight excluding hydrogens is 337 g/mol. The number of hydrogen-bond acceptors (Lipinski definition) is 2. The number of rotatable bonds is 2. The number of aryl methyl sites for hydroxylation is 1. The van der Waals surface area contributed by atoms with Crippen LogP contribution in [0, 0.1) is 5.82 Å². The Labute approximate surface area is 122 Å². The molecule has 0 saturated carbocycles. The fraction of sp³-hybridized carbons (Fsp3) is 0.231. The largest absolute Gasteiger partial charge is 0.376 e. The van der Waals surface area contributed by atoms with E-state index in [1.54, 1.807) is 23.5 Å². The maximum absolute atomic E-state index is 13.7. The lowest BCUT2D eigenvalue weighted by Gasteiger charge is -2.15. The molecule has 0 fully saturated rings. The number of anilines is 1. The summed E-state index contributed by atoms with van der Waals surface area (Å²) in [6.07, 6.45) is 2.00. The summed E-state index contributed by atoms with van der Waals surface area (Å²) in [6, 6.07) is 7.07. The van der Waals surface area contributed by atoms with Crippen LogP contribution in [0.25, 0.3) is 0 Å². The van der Waals surface area contributed by atoms with E-state index in [0.29, 0.717) is 5.69 Å². The van der Waals surface area contributed by atoms with E-state index in [9.17, 15) is 4.39 Å². The van der Waals surface area contributed by atoms with Gasteiger partial charge >= 0.3 is 0 Å². The molecule has 2 aromatic rings. The van der Waals surface area contributed by atoms with Gasteiger partial charge in [-0.05, 0) is 42.7 Å². The predicted octanol–water partition coefficient (Wildman–Crippen LogP) is 5.40. The van der Waals surface area contributed by atoms with Crippen LogP contribution >= 0.6 is 38.9 Å². The number of halogens is 3. The van der Waals surface area contributed by atoms with E-state index in [2.05, 4.69) is 21.2 Å². The quantitative estimate of drug-likeness (QED) is 0.767. The maximum atomic E-state index is 13.7. The average Bonchev–Trinajstić information content (AvgIpc) is 2.84. The Morgan fingerprint density at radius 3 is 3.06 bits per heavy atom. The molecule has 0 aliphatic heterocycles. The minimum atomic E-state index is -0.229. The standard InChI is InChI=1S/C13H10BrClFNS/c14-7-1-2-9(16)11(5-7)17-10-3-4-12-8(10)6-13(15)18-12/h1-2,5-6,10,17H,3-4H2. The van der Waals surface area contributed by atoms with E-state index >= 15 is 0 Å². The van der Waals surface area contributed by atoms with Gasteiger partial charge < -0.3 is 5.32 Å². The van der Waals surface area contributed by atoms with Crippen LogP contribution in [0.2, 0.25) is 4.34 Å². The van der Waals surface area contributed by atoms with Crippen molar-refractivity contribution in [1.29, 1.82) is 0 Å². The van der Waals surface area contributed by atoms with E-state index in [1.807, 2.05) is 6.07 Å². The van der Waals surface area contributed by atoms with Crippen molar-refractivity contribution in [3.63, 3.8) is 0 Å². The minimum absolute atomic E-state index is 0.160. The minimum Gasteiger partial charge on any atom is -0.376 e. The molecule has 1 heterocycles. The highest BCUT2D eigenvalue weighted by Gasteiger charge is 2.25. The molecule has 1 aromatic carbocycles. The molecular formula is C13H10BrClFNS. The summed E-state index contributed by atoms with van der Waals surface area (Å²) in [6.45, 7) is 0. The second-order valence-electron chi connectivity index (χ2n) is 4.29. The lowest BCUT2D eigenvalue weighted by molar-refractivity contribution is 0.624. The van der Waals surface area contributed by atoms with Gasteiger partial charge in [-0.2, -0.15) is 0 Å². The van der Waals surface area contributed by atoms with Crippen LogP contribution in [-0.2, 0) is 6.42 Å². The van der Waals surface area contributed by atoms with Crippen LogP contribution in [0.5, 0.6) is 0 Å². The van der Waals surface area contributed by atoms with E-state index < -0.39 is 0 Å². The van der Waals surface area contributed by atoms with Gasteiger partial charge in [-0.3, -0.25) is 0 Å². The zero-order chi connectivity index (χ0) is 12.7. The molecule has 1 nitrogen and oxygen atoms in total. The predicted molar refractivity (Wildman–Crippen MR) is 78.1 cm³/mol. The molecule has 1 aliphatic rings. The highest BCUT2D eigenvalue weighted by molar-refractivity contribution is 9.10. The van der Waals surface area contributed by atoms with Gasteiger partial charge in [0.25, 0.3) is 0 Å². The summed E-state index contributed by atoms with van der Waals surface area (Å²) in [5.41, 5.74) is 1.74. The lowest BCUT2D eigenvalue weighted by Crippen LogP contribution is -2.08. The van der Waals surface area contributed by atoms with E-state index in [0.717, 1.165) is 21.7 Å². The lowest BCUT2D eigenvalue weighted by atomic mass is 10.1. The van der Waals surface area contributed by atoms with Crippen molar-refractivity contribution >= 4 is 44.6 Å². The van der Waals surface area contributed by atoms with Crippen molar-refractivity contribution in [1.82, 2.24) is 0 Å². The molecule has 0 saturated heterocycles. The summed E-state index contributed by atoms with van der Waals surface area (Å²) in [4.78, 5) is 1.31. The molecule has 94 valence electrons. The van der Waals surface area contributed by atoms with Gasteiger partial charge in [0.1, 0.15) is 5.82 Å². The SMILES string of the molecule is Fc1ccc(Br)cc1NC1CCc2sc(Cl)cc21. The monoisotopic (exact) mass is 345 g/mol. The maximum Gasteiger partial charge on any atom is 0.146 e. The van der Waals surface area contributed by atoms with Crippen molar-refractivity contribution in [3.05, 3.63) is 49.3 Å². The zero-order valence-corrected chi connectivity index (χ0v) is 12.5. The van der Waals surface area contributed by atoms with Crippen molar-refractivity contribution in [2.75, 3.05) is 5.32 Å². The van der Waals surface area contributed by atoms with E-state index in [4.69, 9.17) is 11.6 Å². The molecule has 0 spiro atoms. The number of nitrogens with one attached hydrogen (secondary N) is 1. The Kier molecular flexibility index (Phi) is 3.34. The van der Waals surface area contributed by atoms with Gasteiger partial charge in [-0.25, -0.2) is 4.39 Å².